The van der Waals surface area contributed by atoms with Gasteiger partial charge in [-0.25, -0.2) is 9.07 Å². The summed E-state index contributed by atoms with van der Waals surface area (Å²) in [4.78, 5) is 28.9. The molecule has 0 spiro atoms. The van der Waals surface area contributed by atoms with Gasteiger partial charge in [0.2, 0.25) is 17.8 Å². The molecule has 1 aromatic heterocycles. The van der Waals surface area contributed by atoms with Crippen molar-refractivity contribution in [3.8, 4) is 11.4 Å². The maximum absolute atomic E-state index is 13.8. The van der Waals surface area contributed by atoms with E-state index in [1.807, 2.05) is 30.3 Å². The lowest BCUT2D eigenvalue weighted by molar-refractivity contribution is -0.125. The molecule has 0 aliphatic carbocycles. The molecule has 3 aromatic rings. The summed E-state index contributed by atoms with van der Waals surface area (Å²) in [6.45, 7) is 0. The van der Waals surface area contributed by atoms with Crippen LogP contribution in [0.3, 0.4) is 0 Å². The van der Waals surface area contributed by atoms with Crippen LogP contribution >= 0.6 is 0 Å². The molecule has 0 radical (unpaired) electrons. The number of hydrogen-bond donors (Lipinski definition) is 2. The summed E-state index contributed by atoms with van der Waals surface area (Å²) in [6.07, 6.45) is -0.106. The average molecular weight is 351 g/mol. The molecule has 2 N–H and O–H groups in total. The number of fused-ring (bicyclic) bond motifs is 1. The molecule has 4 rings (SSSR count). The number of nitrogens with one attached hydrogen (secondary N) is 2. The summed E-state index contributed by atoms with van der Waals surface area (Å²) >= 11 is 0. The van der Waals surface area contributed by atoms with Crippen molar-refractivity contribution in [2.75, 3.05) is 10.6 Å². The van der Waals surface area contributed by atoms with E-state index in [9.17, 15) is 14.0 Å². The van der Waals surface area contributed by atoms with E-state index in [-0.39, 0.29) is 24.0 Å². The molecular weight excluding hydrogens is 337 g/mol. The average Bonchev–Trinajstić information content (AvgIpc) is 3.07. The lowest BCUT2D eigenvalue weighted by Crippen LogP contribution is -2.36. The van der Waals surface area contributed by atoms with E-state index in [1.54, 1.807) is 6.07 Å². The van der Waals surface area contributed by atoms with E-state index in [0.29, 0.717) is 5.82 Å². The third kappa shape index (κ3) is 2.92. The molecule has 0 bridgehead atoms. The third-order valence-electron chi connectivity index (χ3n) is 4.02. The second kappa shape index (κ2) is 6.40. The van der Waals surface area contributed by atoms with Gasteiger partial charge in [0.1, 0.15) is 11.9 Å². The van der Waals surface area contributed by atoms with Crippen molar-refractivity contribution in [3.63, 3.8) is 0 Å². The highest BCUT2D eigenvalue weighted by Gasteiger charge is 2.33. The first-order valence-electron chi connectivity index (χ1n) is 7.99. The first-order valence-corrected chi connectivity index (χ1v) is 7.99. The molecule has 2 aromatic carbocycles. The van der Waals surface area contributed by atoms with Crippen LogP contribution in [0.1, 0.15) is 12.5 Å². The second-order valence-electron chi connectivity index (χ2n) is 5.81. The van der Waals surface area contributed by atoms with Crippen molar-refractivity contribution < 1.29 is 14.0 Å². The van der Waals surface area contributed by atoms with Crippen molar-refractivity contribution in [3.05, 3.63) is 60.4 Å². The van der Waals surface area contributed by atoms with Crippen LogP contribution in [0.5, 0.6) is 0 Å². The Kier molecular flexibility index (Phi) is 3.92. The Hall–Kier alpha value is -3.55. The minimum absolute atomic E-state index is 0.0495. The molecule has 1 aliphatic rings. The molecule has 7 nitrogen and oxygen atoms in total. The summed E-state index contributed by atoms with van der Waals surface area (Å²) in [7, 11) is 0. The summed E-state index contributed by atoms with van der Waals surface area (Å²) in [5, 5.41) is 9.47. The van der Waals surface area contributed by atoms with Gasteiger partial charge in [-0.2, -0.15) is 4.98 Å². The number of carbonyl (C=O) groups is 2. The summed E-state index contributed by atoms with van der Waals surface area (Å²) in [5.74, 6) is -0.848. The molecule has 0 saturated heterocycles. The molecule has 1 atom stereocenters. The van der Waals surface area contributed by atoms with E-state index in [4.69, 9.17) is 0 Å². The number of carbonyl (C=O) groups excluding carboxylic acids is 2. The van der Waals surface area contributed by atoms with Crippen LogP contribution in [-0.4, -0.2) is 26.6 Å². The Morgan fingerprint density at radius 3 is 2.65 bits per heavy atom. The van der Waals surface area contributed by atoms with E-state index in [2.05, 4.69) is 20.7 Å². The van der Waals surface area contributed by atoms with Gasteiger partial charge in [0.15, 0.2) is 5.82 Å². The standard InChI is InChI=1S/C18H14FN5O2/c19-12-8-4-5-9-13(12)20-17(26)14-10-15(25)21-18-22-16(23-24(14)18)11-6-2-1-3-7-11/h1-9,14H,10H2,(H,20,26)(H,21,22,23,25). The van der Waals surface area contributed by atoms with Crippen LogP contribution in [0, 0.1) is 5.82 Å². The fraction of sp³-hybridized carbons (Fsp3) is 0.111. The van der Waals surface area contributed by atoms with Crippen LogP contribution < -0.4 is 10.6 Å². The molecule has 2 heterocycles. The number of anilines is 2. The maximum atomic E-state index is 13.8. The number of benzene rings is 2. The SMILES string of the molecule is O=C1CC(C(=O)Nc2ccccc2F)n2nc(-c3ccccc3)nc2N1. The molecular formula is C18H14FN5O2. The number of halogens is 1. The van der Waals surface area contributed by atoms with Crippen LogP contribution in [0.15, 0.2) is 54.6 Å². The van der Waals surface area contributed by atoms with E-state index >= 15 is 0 Å². The quantitative estimate of drug-likeness (QED) is 0.759. The normalized spacial score (nSPS) is 15.9. The number of rotatable bonds is 3. The lowest BCUT2D eigenvalue weighted by atomic mass is 10.1. The smallest absolute Gasteiger partial charge is 0.250 e. The predicted octanol–water partition coefficient (Wildman–Crippen LogP) is 2.61. The summed E-state index contributed by atoms with van der Waals surface area (Å²) in [6, 6.07) is 14.1. The van der Waals surface area contributed by atoms with Gasteiger partial charge >= 0.3 is 0 Å². The fourth-order valence-electron chi connectivity index (χ4n) is 2.76. The third-order valence-corrected chi connectivity index (χ3v) is 4.02. The van der Waals surface area contributed by atoms with E-state index in [0.717, 1.165) is 5.56 Å². The molecule has 0 saturated carbocycles. The number of amides is 2. The van der Waals surface area contributed by atoms with Gasteiger partial charge in [0, 0.05) is 5.56 Å². The topological polar surface area (TPSA) is 88.9 Å². The highest BCUT2D eigenvalue weighted by Crippen LogP contribution is 2.27. The maximum Gasteiger partial charge on any atom is 0.250 e. The molecule has 130 valence electrons. The molecule has 0 fully saturated rings. The fourth-order valence-corrected chi connectivity index (χ4v) is 2.76. The Balaban J connectivity index is 1.66. The number of nitrogens with zero attached hydrogens (tertiary/aromatic N) is 3. The molecule has 1 aliphatic heterocycles. The minimum Gasteiger partial charge on any atom is -0.322 e. The Morgan fingerprint density at radius 1 is 1.15 bits per heavy atom. The van der Waals surface area contributed by atoms with Gasteiger partial charge < -0.3 is 5.32 Å². The van der Waals surface area contributed by atoms with Crippen molar-refractivity contribution in [2.45, 2.75) is 12.5 Å². The zero-order chi connectivity index (χ0) is 18.1. The Labute approximate surface area is 147 Å². The van der Waals surface area contributed by atoms with Crippen molar-refractivity contribution in [2.24, 2.45) is 0 Å². The largest absolute Gasteiger partial charge is 0.322 e. The zero-order valence-electron chi connectivity index (χ0n) is 13.5. The van der Waals surface area contributed by atoms with Gasteiger partial charge in [-0.1, -0.05) is 42.5 Å². The van der Waals surface area contributed by atoms with Gasteiger partial charge in [-0.15, -0.1) is 5.10 Å². The first kappa shape index (κ1) is 15.9. The van der Waals surface area contributed by atoms with Gasteiger partial charge in [0.25, 0.3) is 0 Å². The summed E-state index contributed by atoms with van der Waals surface area (Å²) < 4.78 is 15.1. The van der Waals surface area contributed by atoms with Crippen LogP contribution in [0.2, 0.25) is 0 Å². The molecule has 8 heteroatoms. The van der Waals surface area contributed by atoms with Crippen LogP contribution in [0.25, 0.3) is 11.4 Å². The molecule has 1 unspecified atom stereocenters. The van der Waals surface area contributed by atoms with Gasteiger partial charge in [-0.05, 0) is 12.1 Å². The van der Waals surface area contributed by atoms with Crippen molar-refractivity contribution in [1.29, 1.82) is 0 Å². The zero-order valence-corrected chi connectivity index (χ0v) is 13.5. The molecule has 2 amide bonds. The highest BCUT2D eigenvalue weighted by molar-refractivity contribution is 6.00. The second-order valence-corrected chi connectivity index (χ2v) is 5.81. The van der Waals surface area contributed by atoms with Crippen LogP contribution in [0.4, 0.5) is 16.0 Å². The monoisotopic (exact) mass is 351 g/mol. The Morgan fingerprint density at radius 2 is 1.88 bits per heavy atom. The summed E-state index contributed by atoms with van der Waals surface area (Å²) in [5.41, 5.74) is 0.811. The minimum atomic E-state index is -0.914. The van der Waals surface area contributed by atoms with E-state index < -0.39 is 17.8 Å². The first-order chi connectivity index (χ1) is 12.6. The Bertz CT molecular complexity index is 986. The molecule has 26 heavy (non-hydrogen) atoms. The predicted molar refractivity (Wildman–Crippen MR) is 92.8 cm³/mol. The van der Waals surface area contributed by atoms with Crippen molar-refractivity contribution in [1.82, 2.24) is 14.8 Å². The number of aromatic nitrogens is 3. The number of para-hydroxylation sites is 1. The van der Waals surface area contributed by atoms with Gasteiger partial charge in [-0.3, -0.25) is 14.9 Å². The van der Waals surface area contributed by atoms with Crippen molar-refractivity contribution >= 4 is 23.5 Å². The number of hydrogen-bond acceptors (Lipinski definition) is 4. The van der Waals surface area contributed by atoms with Gasteiger partial charge in [0.05, 0.1) is 12.1 Å². The van der Waals surface area contributed by atoms with E-state index in [1.165, 1.54) is 22.9 Å². The lowest BCUT2D eigenvalue weighted by Gasteiger charge is -2.22. The highest BCUT2D eigenvalue weighted by atomic mass is 19.1. The van der Waals surface area contributed by atoms with Crippen LogP contribution in [-0.2, 0) is 9.59 Å².